The van der Waals surface area contributed by atoms with Crippen LogP contribution in [0.4, 0.5) is 0 Å². The Bertz CT molecular complexity index is 829. The highest BCUT2D eigenvalue weighted by Crippen LogP contribution is 2.40. The number of carbonyl (C=O) groups is 2. The Morgan fingerprint density at radius 2 is 1.52 bits per heavy atom. The third-order valence-electron chi connectivity index (χ3n) is 6.06. The molecule has 2 saturated heterocycles. The second-order valence-corrected chi connectivity index (χ2v) is 7.64. The van der Waals surface area contributed by atoms with Crippen LogP contribution in [-0.2, 0) is 9.47 Å². The largest absolute Gasteiger partial charge is 0.462 e. The summed E-state index contributed by atoms with van der Waals surface area (Å²) < 4.78 is 11.5. The summed E-state index contributed by atoms with van der Waals surface area (Å²) in [4.78, 5) is 27.3. The number of fused-ring (bicyclic) bond motifs is 2. The van der Waals surface area contributed by atoms with E-state index in [2.05, 4.69) is 11.9 Å². The number of halogens is 1. The highest BCUT2D eigenvalue weighted by molar-refractivity contribution is 5.90. The zero-order chi connectivity index (χ0) is 19.5. The molecule has 2 unspecified atom stereocenters. The van der Waals surface area contributed by atoms with Crippen molar-refractivity contribution in [1.29, 1.82) is 0 Å². The van der Waals surface area contributed by atoms with Gasteiger partial charge >= 0.3 is 11.9 Å². The molecule has 0 N–H and O–H groups in total. The minimum atomic E-state index is -0.337. The van der Waals surface area contributed by atoms with E-state index in [0.29, 0.717) is 17.2 Å². The molecule has 2 bridgehead atoms. The van der Waals surface area contributed by atoms with Crippen LogP contribution in [0.25, 0.3) is 0 Å². The molecule has 2 heterocycles. The van der Waals surface area contributed by atoms with Gasteiger partial charge in [0.25, 0.3) is 0 Å². The Balaban J connectivity index is 0.00000240. The van der Waals surface area contributed by atoms with Gasteiger partial charge in [-0.05, 0) is 44.2 Å². The molecule has 2 aromatic rings. The molecule has 2 fully saturated rings. The lowest BCUT2D eigenvalue weighted by Gasteiger charge is -2.42. The predicted octanol–water partition coefficient (Wildman–Crippen LogP) is 3.97. The first kappa shape index (κ1) is 21.3. The topological polar surface area (TPSA) is 55.8 Å². The third kappa shape index (κ3) is 4.62. The van der Waals surface area contributed by atoms with Crippen LogP contribution in [0.3, 0.4) is 0 Å². The van der Waals surface area contributed by atoms with Gasteiger partial charge in [0.1, 0.15) is 6.10 Å². The molecule has 0 radical (unpaired) electrons. The van der Waals surface area contributed by atoms with Crippen molar-refractivity contribution in [2.75, 3.05) is 13.7 Å². The molecule has 29 heavy (non-hydrogen) atoms. The maximum atomic E-state index is 12.6. The van der Waals surface area contributed by atoms with Crippen molar-refractivity contribution in [1.82, 2.24) is 4.90 Å². The zero-order valence-electron chi connectivity index (χ0n) is 16.4. The number of nitrogens with zero attached hydrogens (tertiary/aromatic N) is 1. The van der Waals surface area contributed by atoms with E-state index in [1.54, 1.807) is 24.3 Å². The summed E-state index contributed by atoms with van der Waals surface area (Å²) in [5.41, 5.74) is 1.09. The van der Waals surface area contributed by atoms with Crippen molar-refractivity contribution < 1.29 is 19.1 Å². The Morgan fingerprint density at radius 1 is 0.931 bits per heavy atom. The lowest BCUT2D eigenvalue weighted by atomic mass is 9.88. The van der Waals surface area contributed by atoms with Crippen molar-refractivity contribution in [2.24, 2.45) is 5.92 Å². The number of carbonyl (C=O) groups excluding carboxylic acids is 2. The fraction of sp³-hybridized carbons (Fsp3) is 0.391. The molecule has 0 aliphatic carbocycles. The molecule has 0 saturated carbocycles. The van der Waals surface area contributed by atoms with Gasteiger partial charge in [0.2, 0.25) is 0 Å². The highest BCUT2D eigenvalue weighted by atomic mass is 35.5. The van der Waals surface area contributed by atoms with Gasteiger partial charge in [0.15, 0.2) is 0 Å². The van der Waals surface area contributed by atoms with E-state index in [1.165, 1.54) is 0 Å². The number of piperidine rings is 1. The average molecular weight is 416 g/mol. The van der Waals surface area contributed by atoms with E-state index in [1.807, 2.05) is 36.4 Å². The lowest BCUT2D eigenvalue weighted by molar-refractivity contribution is -0.0538. The Kier molecular flexibility index (Phi) is 6.93. The molecule has 0 aromatic heterocycles. The van der Waals surface area contributed by atoms with Crippen molar-refractivity contribution in [2.45, 2.75) is 37.5 Å². The molecule has 154 valence electrons. The van der Waals surface area contributed by atoms with Crippen LogP contribution in [-0.4, -0.2) is 48.7 Å². The molecular formula is C23H26ClNO4. The van der Waals surface area contributed by atoms with Gasteiger partial charge in [-0.2, -0.15) is 0 Å². The Morgan fingerprint density at radius 3 is 2.14 bits per heavy atom. The third-order valence-corrected chi connectivity index (χ3v) is 6.06. The Labute approximate surface area is 177 Å². The zero-order valence-corrected chi connectivity index (χ0v) is 17.2. The quantitative estimate of drug-likeness (QED) is 0.691. The summed E-state index contributed by atoms with van der Waals surface area (Å²) in [6, 6.07) is 18.7. The number of benzene rings is 2. The van der Waals surface area contributed by atoms with E-state index in [4.69, 9.17) is 9.47 Å². The van der Waals surface area contributed by atoms with Crippen molar-refractivity contribution in [3.63, 3.8) is 0 Å². The smallest absolute Gasteiger partial charge is 0.338 e. The van der Waals surface area contributed by atoms with Crippen LogP contribution in [0.5, 0.6) is 0 Å². The van der Waals surface area contributed by atoms with E-state index in [0.717, 1.165) is 19.3 Å². The minimum Gasteiger partial charge on any atom is -0.462 e. The predicted molar refractivity (Wildman–Crippen MR) is 112 cm³/mol. The van der Waals surface area contributed by atoms with E-state index in [9.17, 15) is 9.59 Å². The SMILES string of the molecule is CN1C2CCC1[C@H](COC(=O)c1ccccc1)[C@@H](OC(=O)c1ccccc1)C2.Cl. The monoisotopic (exact) mass is 415 g/mol. The highest BCUT2D eigenvalue weighted by Gasteiger charge is 2.47. The van der Waals surface area contributed by atoms with Gasteiger partial charge < -0.3 is 9.47 Å². The summed E-state index contributed by atoms with van der Waals surface area (Å²) in [6.07, 6.45) is 2.65. The van der Waals surface area contributed by atoms with E-state index >= 15 is 0 Å². The molecular weight excluding hydrogens is 390 g/mol. The maximum Gasteiger partial charge on any atom is 0.338 e. The molecule has 2 aromatic carbocycles. The van der Waals surface area contributed by atoms with Crippen LogP contribution in [0.1, 0.15) is 40.0 Å². The summed E-state index contributed by atoms with van der Waals surface area (Å²) >= 11 is 0. The van der Waals surface area contributed by atoms with Gasteiger partial charge in [-0.25, -0.2) is 9.59 Å². The van der Waals surface area contributed by atoms with Gasteiger partial charge in [-0.1, -0.05) is 36.4 Å². The molecule has 4 rings (SSSR count). The number of esters is 2. The van der Waals surface area contributed by atoms with Crippen LogP contribution in [0, 0.1) is 5.92 Å². The summed E-state index contributed by atoms with van der Waals surface area (Å²) in [7, 11) is 2.11. The lowest BCUT2D eigenvalue weighted by Crippen LogP contribution is -2.52. The number of rotatable bonds is 5. The molecule has 0 spiro atoms. The first-order valence-electron chi connectivity index (χ1n) is 9.83. The second kappa shape index (κ2) is 9.42. The average Bonchev–Trinajstić information content (AvgIpc) is 2.98. The van der Waals surface area contributed by atoms with E-state index < -0.39 is 0 Å². The summed E-state index contributed by atoms with van der Waals surface area (Å²) in [5, 5.41) is 0. The summed E-state index contributed by atoms with van der Waals surface area (Å²) in [6.45, 7) is 0.252. The fourth-order valence-corrected chi connectivity index (χ4v) is 4.50. The fourth-order valence-electron chi connectivity index (χ4n) is 4.50. The van der Waals surface area contributed by atoms with Crippen LogP contribution in [0.2, 0.25) is 0 Å². The van der Waals surface area contributed by atoms with Crippen molar-refractivity contribution in [3.05, 3.63) is 71.8 Å². The van der Waals surface area contributed by atoms with Gasteiger partial charge in [-0.3, -0.25) is 4.90 Å². The standard InChI is InChI=1S/C23H25NO4.ClH/c1-24-18-12-13-20(24)19(15-27-22(25)16-8-4-2-5-9-16)21(14-18)28-23(26)17-10-6-3-7-11-17;/h2-11,18-21H,12-15H2,1H3;1H/t18?,19-,20?,21-;/m0./s1. The summed E-state index contributed by atoms with van der Waals surface area (Å²) in [5.74, 6) is -0.672. The molecule has 0 amide bonds. The minimum absolute atomic E-state index is 0. The van der Waals surface area contributed by atoms with Gasteiger partial charge in [0, 0.05) is 24.4 Å². The molecule has 6 heteroatoms. The normalized spacial score (nSPS) is 25.7. The van der Waals surface area contributed by atoms with Gasteiger partial charge in [-0.15, -0.1) is 12.4 Å². The second-order valence-electron chi connectivity index (χ2n) is 7.64. The molecule has 2 aliphatic heterocycles. The van der Waals surface area contributed by atoms with Crippen molar-refractivity contribution >= 4 is 24.3 Å². The first-order valence-corrected chi connectivity index (χ1v) is 9.83. The number of hydrogen-bond donors (Lipinski definition) is 0. The van der Waals surface area contributed by atoms with Crippen LogP contribution < -0.4 is 0 Å². The first-order chi connectivity index (χ1) is 13.6. The van der Waals surface area contributed by atoms with Crippen LogP contribution in [0.15, 0.2) is 60.7 Å². The number of hydrogen-bond acceptors (Lipinski definition) is 5. The maximum absolute atomic E-state index is 12.6. The molecule has 4 atom stereocenters. The van der Waals surface area contributed by atoms with Crippen LogP contribution >= 0.6 is 12.4 Å². The number of ether oxygens (including phenoxy) is 2. The Hall–Kier alpha value is -2.37. The molecule has 2 aliphatic rings. The van der Waals surface area contributed by atoms with Crippen molar-refractivity contribution in [3.8, 4) is 0 Å². The van der Waals surface area contributed by atoms with E-state index in [-0.39, 0.29) is 49.0 Å². The molecule has 5 nitrogen and oxygen atoms in total. The van der Waals surface area contributed by atoms with Gasteiger partial charge in [0.05, 0.1) is 17.7 Å².